The molecule has 5 heteroatoms. The molecule has 5 nitrogen and oxygen atoms in total. The second-order valence-corrected chi connectivity index (χ2v) is 5.10. The van der Waals surface area contributed by atoms with Crippen LogP contribution in [-0.2, 0) is 4.79 Å². The third kappa shape index (κ3) is 2.77. The number of nitrogens with zero attached hydrogens (tertiary/aromatic N) is 1. The second-order valence-electron chi connectivity index (χ2n) is 5.10. The summed E-state index contributed by atoms with van der Waals surface area (Å²) in [5, 5.41) is 15.3. The van der Waals surface area contributed by atoms with Gasteiger partial charge in [0.05, 0.1) is 4.92 Å². The Morgan fingerprint density at radius 3 is 2.55 bits per heavy atom. The minimum atomic E-state index is -0.402. The van der Waals surface area contributed by atoms with Crippen LogP contribution in [0.3, 0.4) is 0 Å². The molecule has 2 aromatic carbocycles. The molecule has 1 N–H and O–H groups in total. The lowest BCUT2D eigenvalue weighted by Crippen LogP contribution is -2.17. The molecule has 0 aliphatic carbocycles. The van der Waals surface area contributed by atoms with Gasteiger partial charge in [-0.3, -0.25) is 14.9 Å². The number of non-ortho nitro benzene ring substituents is 1. The average Bonchev–Trinajstić information content (AvgIpc) is 2.38. The van der Waals surface area contributed by atoms with Gasteiger partial charge in [0.1, 0.15) is 0 Å². The van der Waals surface area contributed by atoms with Crippen LogP contribution in [0.1, 0.15) is 19.4 Å². The third-order valence-electron chi connectivity index (χ3n) is 3.15. The number of anilines is 1. The van der Waals surface area contributed by atoms with Gasteiger partial charge in [0, 0.05) is 23.7 Å². The summed E-state index contributed by atoms with van der Waals surface area (Å²) in [6.45, 7) is 5.47. The van der Waals surface area contributed by atoms with E-state index in [1.165, 1.54) is 12.1 Å². The van der Waals surface area contributed by atoms with Crippen molar-refractivity contribution >= 4 is 28.1 Å². The first-order chi connectivity index (χ1) is 9.38. The van der Waals surface area contributed by atoms with Gasteiger partial charge in [-0.15, -0.1) is 0 Å². The monoisotopic (exact) mass is 272 g/mol. The molecule has 0 saturated carbocycles. The second kappa shape index (κ2) is 5.28. The van der Waals surface area contributed by atoms with Crippen LogP contribution in [0.2, 0.25) is 0 Å². The number of nitro groups is 1. The van der Waals surface area contributed by atoms with E-state index < -0.39 is 4.92 Å². The average molecular weight is 272 g/mol. The first-order valence-electron chi connectivity index (χ1n) is 6.38. The zero-order chi connectivity index (χ0) is 14.9. The summed E-state index contributed by atoms with van der Waals surface area (Å²) in [5.41, 5.74) is 1.59. The maximum Gasteiger partial charge on any atom is 0.270 e. The fourth-order valence-corrected chi connectivity index (χ4v) is 1.99. The molecule has 2 aromatic rings. The van der Waals surface area contributed by atoms with Crippen LogP contribution in [0.4, 0.5) is 11.4 Å². The summed E-state index contributed by atoms with van der Waals surface area (Å²) >= 11 is 0. The van der Waals surface area contributed by atoms with E-state index in [1.54, 1.807) is 12.1 Å². The van der Waals surface area contributed by atoms with Crippen LogP contribution in [-0.4, -0.2) is 10.8 Å². The van der Waals surface area contributed by atoms with Crippen molar-refractivity contribution in [3.05, 3.63) is 46.0 Å². The van der Waals surface area contributed by atoms with E-state index in [0.29, 0.717) is 5.69 Å². The predicted octanol–water partition coefficient (Wildman–Crippen LogP) is 3.65. The van der Waals surface area contributed by atoms with Crippen LogP contribution in [0.25, 0.3) is 10.8 Å². The minimum absolute atomic E-state index is 0.0519. The van der Waals surface area contributed by atoms with Gasteiger partial charge >= 0.3 is 0 Å². The van der Waals surface area contributed by atoms with E-state index in [1.807, 2.05) is 26.8 Å². The van der Waals surface area contributed by atoms with Gasteiger partial charge < -0.3 is 5.32 Å². The summed E-state index contributed by atoms with van der Waals surface area (Å²) in [5.74, 6) is -0.146. The summed E-state index contributed by atoms with van der Waals surface area (Å²) in [7, 11) is 0. The molecule has 0 fully saturated rings. The molecule has 0 aliphatic heterocycles. The molecule has 0 aliphatic rings. The number of hydrogen-bond donors (Lipinski definition) is 1. The van der Waals surface area contributed by atoms with Gasteiger partial charge in [-0.1, -0.05) is 19.9 Å². The number of aryl methyl sites for hydroxylation is 1. The van der Waals surface area contributed by atoms with E-state index in [2.05, 4.69) is 5.32 Å². The Labute approximate surface area is 116 Å². The SMILES string of the molecule is Cc1cc([N+](=O)[O-])cc2ccc(NC(=O)C(C)C)cc12. The van der Waals surface area contributed by atoms with Crippen molar-refractivity contribution in [2.24, 2.45) is 5.92 Å². The lowest BCUT2D eigenvalue weighted by molar-refractivity contribution is -0.384. The number of benzene rings is 2. The number of carbonyl (C=O) groups excluding carboxylic acids is 1. The van der Waals surface area contributed by atoms with Crippen molar-refractivity contribution in [1.82, 2.24) is 0 Å². The molecule has 0 unspecified atom stereocenters. The number of nitrogens with one attached hydrogen (secondary N) is 1. The largest absolute Gasteiger partial charge is 0.326 e. The molecule has 104 valence electrons. The van der Waals surface area contributed by atoms with Crippen LogP contribution in [0.15, 0.2) is 30.3 Å². The Balaban J connectivity index is 2.45. The molecule has 0 heterocycles. The minimum Gasteiger partial charge on any atom is -0.326 e. The summed E-state index contributed by atoms with van der Waals surface area (Å²) in [6, 6.07) is 8.46. The summed E-state index contributed by atoms with van der Waals surface area (Å²) in [6.07, 6.45) is 0. The topological polar surface area (TPSA) is 72.2 Å². The molecule has 0 atom stereocenters. The first kappa shape index (κ1) is 14.0. The summed E-state index contributed by atoms with van der Waals surface area (Å²) < 4.78 is 0. The number of hydrogen-bond acceptors (Lipinski definition) is 3. The lowest BCUT2D eigenvalue weighted by Gasteiger charge is -2.09. The van der Waals surface area contributed by atoms with Crippen LogP contribution in [0, 0.1) is 23.0 Å². The molecule has 20 heavy (non-hydrogen) atoms. The molecule has 1 amide bonds. The maximum atomic E-state index is 11.7. The highest BCUT2D eigenvalue weighted by atomic mass is 16.6. The van der Waals surface area contributed by atoms with Crippen molar-refractivity contribution < 1.29 is 9.72 Å². The lowest BCUT2D eigenvalue weighted by atomic mass is 10.0. The molecule has 0 aromatic heterocycles. The molecule has 0 bridgehead atoms. The van der Waals surface area contributed by atoms with Gasteiger partial charge in [-0.2, -0.15) is 0 Å². The molecule has 0 saturated heterocycles. The molecule has 0 spiro atoms. The highest BCUT2D eigenvalue weighted by Gasteiger charge is 2.11. The van der Waals surface area contributed by atoms with Gasteiger partial charge in [0.2, 0.25) is 5.91 Å². The van der Waals surface area contributed by atoms with E-state index in [9.17, 15) is 14.9 Å². The highest BCUT2D eigenvalue weighted by molar-refractivity contribution is 5.96. The van der Waals surface area contributed by atoms with Crippen molar-refractivity contribution in [2.45, 2.75) is 20.8 Å². The number of carbonyl (C=O) groups is 1. The fourth-order valence-electron chi connectivity index (χ4n) is 1.99. The van der Waals surface area contributed by atoms with Crippen molar-refractivity contribution in [1.29, 1.82) is 0 Å². The van der Waals surface area contributed by atoms with E-state index in [4.69, 9.17) is 0 Å². The van der Waals surface area contributed by atoms with Crippen molar-refractivity contribution in [3.8, 4) is 0 Å². The zero-order valence-corrected chi connectivity index (χ0v) is 11.6. The van der Waals surface area contributed by atoms with Crippen molar-refractivity contribution in [2.75, 3.05) is 5.32 Å². The van der Waals surface area contributed by atoms with Gasteiger partial charge in [0.15, 0.2) is 0 Å². The van der Waals surface area contributed by atoms with Crippen LogP contribution in [0.5, 0.6) is 0 Å². The standard InChI is InChI=1S/C15H16N2O3/c1-9(2)15(18)16-12-5-4-11-7-13(17(19)20)6-10(3)14(11)8-12/h4-9H,1-3H3,(H,16,18). The van der Waals surface area contributed by atoms with Gasteiger partial charge in [0.25, 0.3) is 5.69 Å². The third-order valence-corrected chi connectivity index (χ3v) is 3.15. The van der Waals surface area contributed by atoms with E-state index in [0.717, 1.165) is 16.3 Å². The maximum absolute atomic E-state index is 11.7. The Kier molecular flexibility index (Phi) is 3.70. The Morgan fingerprint density at radius 2 is 1.95 bits per heavy atom. The molecule has 2 rings (SSSR count). The van der Waals surface area contributed by atoms with Gasteiger partial charge in [-0.05, 0) is 35.4 Å². The zero-order valence-electron chi connectivity index (χ0n) is 11.6. The first-order valence-corrected chi connectivity index (χ1v) is 6.38. The van der Waals surface area contributed by atoms with E-state index in [-0.39, 0.29) is 17.5 Å². The highest BCUT2D eigenvalue weighted by Crippen LogP contribution is 2.27. The summed E-state index contributed by atoms with van der Waals surface area (Å²) in [4.78, 5) is 22.1. The number of fused-ring (bicyclic) bond motifs is 1. The Morgan fingerprint density at radius 1 is 1.25 bits per heavy atom. The van der Waals surface area contributed by atoms with Crippen LogP contribution < -0.4 is 5.32 Å². The Hall–Kier alpha value is -2.43. The van der Waals surface area contributed by atoms with Crippen molar-refractivity contribution in [3.63, 3.8) is 0 Å². The number of nitro benzene ring substituents is 1. The molecular weight excluding hydrogens is 256 g/mol. The number of rotatable bonds is 3. The molecular formula is C15H16N2O3. The quantitative estimate of drug-likeness (QED) is 0.684. The normalized spacial score (nSPS) is 10.8. The fraction of sp³-hybridized carbons (Fsp3) is 0.267. The molecule has 0 radical (unpaired) electrons. The predicted molar refractivity (Wildman–Crippen MR) is 78.8 cm³/mol. The van der Waals surface area contributed by atoms with Gasteiger partial charge in [-0.25, -0.2) is 0 Å². The smallest absolute Gasteiger partial charge is 0.270 e. The van der Waals surface area contributed by atoms with Crippen LogP contribution >= 0.6 is 0 Å². The Bertz CT molecular complexity index is 693. The van der Waals surface area contributed by atoms with E-state index >= 15 is 0 Å². The number of amides is 1.